The first-order valence-electron chi connectivity index (χ1n) is 6.07. The van der Waals surface area contributed by atoms with Gasteiger partial charge in [-0.1, -0.05) is 19.4 Å². The first-order valence-corrected chi connectivity index (χ1v) is 6.07. The standard InChI is InChI=1S/C13H18N2O/c1-2-6-11-7-5-9-14-13(11)15-10-4-3-8-12(15)16/h5,7,9H,2-4,6,8,10H2,1H3. The highest BCUT2D eigenvalue weighted by molar-refractivity contribution is 5.93. The minimum Gasteiger partial charge on any atom is -0.297 e. The lowest BCUT2D eigenvalue weighted by molar-refractivity contribution is -0.119. The Hall–Kier alpha value is -1.38. The van der Waals surface area contributed by atoms with Crippen molar-refractivity contribution in [3.05, 3.63) is 23.9 Å². The number of aromatic nitrogens is 1. The second-order valence-electron chi connectivity index (χ2n) is 4.24. The molecule has 3 nitrogen and oxygen atoms in total. The lowest BCUT2D eigenvalue weighted by Gasteiger charge is -2.27. The van der Waals surface area contributed by atoms with Crippen molar-refractivity contribution in [2.24, 2.45) is 0 Å². The van der Waals surface area contributed by atoms with E-state index in [1.165, 1.54) is 5.56 Å². The van der Waals surface area contributed by atoms with Gasteiger partial charge in [0.15, 0.2) is 0 Å². The molecule has 86 valence electrons. The predicted octanol–water partition coefficient (Wildman–Crippen LogP) is 2.55. The second kappa shape index (κ2) is 5.10. The zero-order chi connectivity index (χ0) is 11.4. The van der Waals surface area contributed by atoms with Gasteiger partial charge in [-0.15, -0.1) is 0 Å². The van der Waals surface area contributed by atoms with Gasteiger partial charge >= 0.3 is 0 Å². The molecule has 0 aromatic carbocycles. The summed E-state index contributed by atoms with van der Waals surface area (Å²) >= 11 is 0. The molecule has 1 aromatic rings. The van der Waals surface area contributed by atoms with E-state index in [2.05, 4.69) is 18.0 Å². The second-order valence-corrected chi connectivity index (χ2v) is 4.24. The molecule has 1 fully saturated rings. The summed E-state index contributed by atoms with van der Waals surface area (Å²) in [7, 11) is 0. The van der Waals surface area contributed by atoms with Crippen LogP contribution < -0.4 is 4.90 Å². The Balaban J connectivity index is 2.27. The fourth-order valence-electron chi connectivity index (χ4n) is 2.17. The van der Waals surface area contributed by atoms with Gasteiger partial charge < -0.3 is 0 Å². The summed E-state index contributed by atoms with van der Waals surface area (Å²) in [5.41, 5.74) is 1.19. The maximum Gasteiger partial charge on any atom is 0.228 e. The molecule has 1 aliphatic rings. The van der Waals surface area contributed by atoms with E-state index in [9.17, 15) is 4.79 Å². The average molecular weight is 218 g/mol. The third kappa shape index (κ3) is 2.23. The number of anilines is 1. The number of aryl methyl sites for hydroxylation is 1. The van der Waals surface area contributed by atoms with Gasteiger partial charge in [0.1, 0.15) is 5.82 Å². The number of rotatable bonds is 3. The molecule has 3 heteroatoms. The Labute approximate surface area is 96.5 Å². The summed E-state index contributed by atoms with van der Waals surface area (Å²) in [5.74, 6) is 1.11. The van der Waals surface area contributed by atoms with E-state index in [0.29, 0.717) is 6.42 Å². The van der Waals surface area contributed by atoms with Crippen LogP contribution in [0.25, 0.3) is 0 Å². The summed E-state index contributed by atoms with van der Waals surface area (Å²) in [5, 5.41) is 0. The topological polar surface area (TPSA) is 33.2 Å². The van der Waals surface area contributed by atoms with Crippen molar-refractivity contribution in [1.29, 1.82) is 0 Å². The number of pyridine rings is 1. The molecule has 0 unspecified atom stereocenters. The van der Waals surface area contributed by atoms with Gasteiger partial charge in [-0.25, -0.2) is 4.98 Å². The van der Waals surface area contributed by atoms with Crippen LogP contribution in [0.15, 0.2) is 18.3 Å². The van der Waals surface area contributed by atoms with E-state index in [1.807, 2.05) is 11.0 Å². The number of amides is 1. The van der Waals surface area contributed by atoms with Crippen LogP contribution in [0.5, 0.6) is 0 Å². The molecular formula is C13H18N2O. The summed E-state index contributed by atoms with van der Waals surface area (Å²) in [6.07, 6.45) is 6.63. The predicted molar refractivity (Wildman–Crippen MR) is 64.4 cm³/mol. The first-order chi connectivity index (χ1) is 7.83. The number of nitrogens with zero attached hydrogens (tertiary/aromatic N) is 2. The van der Waals surface area contributed by atoms with Crippen LogP contribution in [0, 0.1) is 0 Å². The Kier molecular flexibility index (Phi) is 3.54. The van der Waals surface area contributed by atoms with Gasteiger partial charge in [0, 0.05) is 19.2 Å². The first kappa shape index (κ1) is 11.1. The highest BCUT2D eigenvalue weighted by atomic mass is 16.2. The molecule has 16 heavy (non-hydrogen) atoms. The lowest BCUT2D eigenvalue weighted by atomic mass is 10.1. The van der Waals surface area contributed by atoms with Crippen LogP contribution in [0.1, 0.15) is 38.2 Å². The summed E-state index contributed by atoms with van der Waals surface area (Å²) in [6, 6.07) is 4.02. The summed E-state index contributed by atoms with van der Waals surface area (Å²) in [4.78, 5) is 18.1. The highest BCUT2D eigenvalue weighted by Gasteiger charge is 2.22. The van der Waals surface area contributed by atoms with Crippen molar-refractivity contribution in [1.82, 2.24) is 4.98 Å². The van der Waals surface area contributed by atoms with Crippen molar-refractivity contribution >= 4 is 11.7 Å². The van der Waals surface area contributed by atoms with Gasteiger partial charge in [-0.2, -0.15) is 0 Å². The van der Waals surface area contributed by atoms with Crippen LogP contribution in [0.4, 0.5) is 5.82 Å². The van der Waals surface area contributed by atoms with E-state index in [1.54, 1.807) is 6.20 Å². The Bertz CT molecular complexity index is 376. The zero-order valence-electron chi connectivity index (χ0n) is 9.78. The van der Waals surface area contributed by atoms with E-state index in [4.69, 9.17) is 0 Å². The minimum atomic E-state index is 0.224. The molecule has 2 rings (SSSR count). The number of hydrogen-bond acceptors (Lipinski definition) is 2. The minimum absolute atomic E-state index is 0.224. The molecule has 2 heterocycles. The van der Waals surface area contributed by atoms with Crippen molar-refractivity contribution in [3.8, 4) is 0 Å². The molecule has 0 N–H and O–H groups in total. The van der Waals surface area contributed by atoms with E-state index < -0.39 is 0 Å². The van der Waals surface area contributed by atoms with Gasteiger partial charge in [0.2, 0.25) is 5.91 Å². The van der Waals surface area contributed by atoms with Crippen molar-refractivity contribution in [2.45, 2.75) is 39.0 Å². The van der Waals surface area contributed by atoms with Gasteiger partial charge in [0.05, 0.1) is 0 Å². The average Bonchev–Trinajstić information content (AvgIpc) is 2.31. The molecule has 1 aliphatic heterocycles. The van der Waals surface area contributed by atoms with Crippen LogP contribution in [-0.4, -0.2) is 17.4 Å². The molecule has 0 spiro atoms. The van der Waals surface area contributed by atoms with E-state index in [-0.39, 0.29) is 5.91 Å². The molecular weight excluding hydrogens is 200 g/mol. The molecule has 1 saturated heterocycles. The summed E-state index contributed by atoms with van der Waals surface area (Å²) < 4.78 is 0. The third-order valence-electron chi connectivity index (χ3n) is 2.97. The fraction of sp³-hybridized carbons (Fsp3) is 0.538. The molecule has 1 amide bonds. The van der Waals surface area contributed by atoms with Crippen LogP contribution in [0.3, 0.4) is 0 Å². The third-order valence-corrected chi connectivity index (χ3v) is 2.97. The molecule has 0 radical (unpaired) electrons. The van der Waals surface area contributed by atoms with Crippen LogP contribution >= 0.6 is 0 Å². The quantitative estimate of drug-likeness (QED) is 0.781. The Morgan fingerprint density at radius 2 is 2.31 bits per heavy atom. The van der Waals surface area contributed by atoms with Crippen molar-refractivity contribution in [3.63, 3.8) is 0 Å². The highest BCUT2D eigenvalue weighted by Crippen LogP contribution is 2.23. The monoisotopic (exact) mass is 218 g/mol. The molecule has 0 aliphatic carbocycles. The van der Waals surface area contributed by atoms with Crippen molar-refractivity contribution in [2.75, 3.05) is 11.4 Å². The van der Waals surface area contributed by atoms with Crippen LogP contribution in [0.2, 0.25) is 0 Å². The van der Waals surface area contributed by atoms with Gasteiger partial charge in [0.25, 0.3) is 0 Å². The maximum absolute atomic E-state index is 11.8. The maximum atomic E-state index is 11.8. The normalized spacial score (nSPS) is 16.6. The number of carbonyl (C=O) groups excluding carboxylic acids is 1. The number of hydrogen-bond donors (Lipinski definition) is 0. The SMILES string of the molecule is CCCc1cccnc1N1CCCCC1=O. The Morgan fingerprint density at radius 3 is 3.06 bits per heavy atom. The summed E-state index contributed by atoms with van der Waals surface area (Å²) in [6.45, 7) is 2.97. The van der Waals surface area contributed by atoms with E-state index >= 15 is 0 Å². The lowest BCUT2D eigenvalue weighted by Crippen LogP contribution is -2.36. The largest absolute Gasteiger partial charge is 0.297 e. The smallest absolute Gasteiger partial charge is 0.228 e. The molecule has 0 atom stereocenters. The number of carbonyl (C=O) groups is 1. The molecule has 0 bridgehead atoms. The zero-order valence-corrected chi connectivity index (χ0v) is 9.78. The van der Waals surface area contributed by atoms with Gasteiger partial charge in [-0.05, 0) is 30.9 Å². The van der Waals surface area contributed by atoms with Gasteiger partial charge in [-0.3, -0.25) is 9.69 Å². The molecule has 0 saturated carbocycles. The Morgan fingerprint density at radius 1 is 1.44 bits per heavy atom. The van der Waals surface area contributed by atoms with E-state index in [0.717, 1.165) is 38.0 Å². The fourth-order valence-corrected chi connectivity index (χ4v) is 2.17. The number of piperidine rings is 1. The van der Waals surface area contributed by atoms with Crippen LogP contribution in [-0.2, 0) is 11.2 Å². The molecule has 1 aromatic heterocycles. The van der Waals surface area contributed by atoms with Crippen molar-refractivity contribution < 1.29 is 4.79 Å².